The molecule has 0 N–H and O–H groups in total. The maximum absolute atomic E-state index is 12.9. The molecule has 0 radical (unpaired) electrons. The van der Waals surface area contributed by atoms with Crippen molar-refractivity contribution in [2.24, 2.45) is 0 Å². The van der Waals surface area contributed by atoms with Crippen molar-refractivity contribution in [3.63, 3.8) is 0 Å². The summed E-state index contributed by atoms with van der Waals surface area (Å²) in [4.78, 5) is 31.4. The molecular weight excluding hydrogens is 350 g/mol. The zero-order chi connectivity index (χ0) is 19.5. The summed E-state index contributed by atoms with van der Waals surface area (Å²) in [6, 6.07) is 18.1. The molecule has 2 aromatic rings. The molecule has 3 amide bonds. The van der Waals surface area contributed by atoms with Crippen molar-refractivity contribution in [3.05, 3.63) is 71.3 Å². The van der Waals surface area contributed by atoms with Crippen LogP contribution in [0.4, 0.5) is 4.79 Å². The molecule has 0 atom stereocenters. The van der Waals surface area contributed by atoms with Gasteiger partial charge in [0.2, 0.25) is 0 Å². The number of rotatable bonds is 4. The molecule has 5 heteroatoms. The molecule has 0 saturated carbocycles. The highest BCUT2D eigenvalue weighted by Gasteiger charge is 2.36. The number of hydrogen-bond acceptors (Lipinski definition) is 2. The average molecular weight is 377 g/mol. The molecule has 2 aliphatic rings. The maximum Gasteiger partial charge on any atom is 0.320 e. The number of nitrogens with zero attached hydrogens (tertiary/aromatic N) is 3. The second kappa shape index (κ2) is 8.05. The normalized spacial score (nSPS) is 18.0. The lowest BCUT2D eigenvalue weighted by Gasteiger charge is -2.36. The average Bonchev–Trinajstić information content (AvgIpc) is 3.08. The minimum atomic E-state index is 0.0906. The Morgan fingerprint density at radius 1 is 0.964 bits per heavy atom. The maximum atomic E-state index is 12.9. The van der Waals surface area contributed by atoms with Crippen molar-refractivity contribution in [1.29, 1.82) is 0 Å². The van der Waals surface area contributed by atoms with Crippen molar-refractivity contribution in [3.8, 4) is 0 Å². The molecule has 28 heavy (non-hydrogen) atoms. The van der Waals surface area contributed by atoms with Crippen molar-refractivity contribution < 1.29 is 9.59 Å². The summed E-state index contributed by atoms with van der Waals surface area (Å²) in [7, 11) is 0. The Labute approximate surface area is 166 Å². The number of urea groups is 1. The van der Waals surface area contributed by atoms with E-state index < -0.39 is 0 Å². The van der Waals surface area contributed by atoms with Gasteiger partial charge in [0, 0.05) is 44.3 Å². The summed E-state index contributed by atoms with van der Waals surface area (Å²) in [5, 5.41) is 0. The minimum Gasteiger partial charge on any atom is -0.338 e. The molecule has 2 aromatic carbocycles. The van der Waals surface area contributed by atoms with E-state index in [2.05, 4.69) is 25.1 Å². The zero-order valence-electron chi connectivity index (χ0n) is 16.4. The Morgan fingerprint density at radius 2 is 1.71 bits per heavy atom. The fraction of sp³-hybridized carbons (Fsp3) is 0.391. The molecule has 0 aliphatic carbocycles. The first-order valence-corrected chi connectivity index (χ1v) is 10.1. The second-order valence-corrected chi connectivity index (χ2v) is 7.78. The van der Waals surface area contributed by atoms with Crippen LogP contribution < -0.4 is 0 Å². The molecule has 0 spiro atoms. The van der Waals surface area contributed by atoms with Crippen LogP contribution in [-0.2, 0) is 6.54 Å². The molecule has 146 valence electrons. The van der Waals surface area contributed by atoms with E-state index in [1.165, 1.54) is 11.1 Å². The molecule has 2 saturated heterocycles. The highest BCUT2D eigenvalue weighted by molar-refractivity contribution is 5.94. The first kappa shape index (κ1) is 18.5. The molecule has 2 heterocycles. The van der Waals surface area contributed by atoms with Gasteiger partial charge >= 0.3 is 6.03 Å². The van der Waals surface area contributed by atoms with Crippen LogP contribution in [0.25, 0.3) is 0 Å². The molecule has 0 aromatic heterocycles. The molecular formula is C23H27N3O2. The van der Waals surface area contributed by atoms with Gasteiger partial charge in [-0.1, -0.05) is 48.0 Å². The van der Waals surface area contributed by atoms with Crippen molar-refractivity contribution in [1.82, 2.24) is 14.7 Å². The lowest BCUT2D eigenvalue weighted by atomic mass is 10.0. The third-order valence-electron chi connectivity index (χ3n) is 5.80. The van der Waals surface area contributed by atoms with E-state index >= 15 is 0 Å². The molecule has 2 aliphatic heterocycles. The number of likely N-dealkylation sites (tertiary alicyclic amines) is 1. The van der Waals surface area contributed by atoms with E-state index in [4.69, 9.17) is 0 Å². The number of piperidine rings is 1. The van der Waals surface area contributed by atoms with E-state index in [0.29, 0.717) is 19.6 Å². The molecule has 0 unspecified atom stereocenters. The Kier molecular flexibility index (Phi) is 5.33. The van der Waals surface area contributed by atoms with Crippen molar-refractivity contribution in [2.75, 3.05) is 26.2 Å². The van der Waals surface area contributed by atoms with Gasteiger partial charge in [0.1, 0.15) is 0 Å². The molecule has 0 bridgehead atoms. The third kappa shape index (κ3) is 3.88. The van der Waals surface area contributed by atoms with Crippen molar-refractivity contribution >= 4 is 11.9 Å². The van der Waals surface area contributed by atoms with E-state index in [-0.39, 0.29) is 18.0 Å². The van der Waals surface area contributed by atoms with Gasteiger partial charge in [-0.05, 0) is 37.5 Å². The van der Waals surface area contributed by atoms with Crippen LogP contribution in [0.3, 0.4) is 0 Å². The van der Waals surface area contributed by atoms with Crippen LogP contribution in [0.15, 0.2) is 54.6 Å². The van der Waals surface area contributed by atoms with Gasteiger partial charge in [-0.15, -0.1) is 0 Å². The van der Waals surface area contributed by atoms with E-state index in [1.54, 1.807) is 0 Å². The number of aryl methyl sites for hydroxylation is 1. The van der Waals surface area contributed by atoms with E-state index in [1.807, 2.05) is 51.1 Å². The second-order valence-electron chi connectivity index (χ2n) is 7.78. The summed E-state index contributed by atoms with van der Waals surface area (Å²) in [6.45, 7) is 5.71. The summed E-state index contributed by atoms with van der Waals surface area (Å²) < 4.78 is 0. The quantitative estimate of drug-likeness (QED) is 0.818. The largest absolute Gasteiger partial charge is 0.338 e. The first-order valence-electron chi connectivity index (χ1n) is 10.1. The van der Waals surface area contributed by atoms with Crippen LogP contribution >= 0.6 is 0 Å². The van der Waals surface area contributed by atoms with Gasteiger partial charge in [-0.25, -0.2) is 4.79 Å². The van der Waals surface area contributed by atoms with Crippen LogP contribution in [0.5, 0.6) is 0 Å². The molecule has 5 nitrogen and oxygen atoms in total. The van der Waals surface area contributed by atoms with Gasteiger partial charge in [0.25, 0.3) is 5.91 Å². The SMILES string of the molecule is Cc1cccc(CN2CCN(C3CCN(C(=O)c4ccccc4)CC3)C2=O)c1. The fourth-order valence-electron chi connectivity index (χ4n) is 4.26. The third-order valence-corrected chi connectivity index (χ3v) is 5.80. The van der Waals surface area contributed by atoms with Gasteiger partial charge in [-0.3, -0.25) is 4.79 Å². The minimum absolute atomic E-state index is 0.0906. The monoisotopic (exact) mass is 377 g/mol. The summed E-state index contributed by atoms with van der Waals surface area (Å²) in [6.07, 6.45) is 1.70. The number of carbonyl (C=O) groups is 2. The number of benzene rings is 2. The Hall–Kier alpha value is -2.82. The smallest absolute Gasteiger partial charge is 0.320 e. The summed E-state index contributed by atoms with van der Waals surface area (Å²) in [5.41, 5.74) is 3.14. The topological polar surface area (TPSA) is 43.9 Å². The molecule has 2 fully saturated rings. The Bertz CT molecular complexity index is 844. The zero-order valence-corrected chi connectivity index (χ0v) is 16.4. The van der Waals surface area contributed by atoms with Crippen LogP contribution in [0.2, 0.25) is 0 Å². The first-order chi connectivity index (χ1) is 13.6. The highest BCUT2D eigenvalue weighted by Crippen LogP contribution is 2.23. The predicted octanol–water partition coefficient (Wildman–Crippen LogP) is 3.54. The van der Waals surface area contributed by atoms with Gasteiger partial charge in [-0.2, -0.15) is 0 Å². The number of amides is 3. The summed E-state index contributed by atoms with van der Waals surface area (Å²) in [5.74, 6) is 0.0906. The fourth-order valence-corrected chi connectivity index (χ4v) is 4.26. The molecule has 4 rings (SSSR count). The summed E-state index contributed by atoms with van der Waals surface area (Å²) >= 11 is 0. The van der Waals surface area contributed by atoms with Crippen molar-refractivity contribution in [2.45, 2.75) is 32.4 Å². The van der Waals surface area contributed by atoms with Gasteiger partial charge in [0.05, 0.1) is 0 Å². The van der Waals surface area contributed by atoms with Crippen LogP contribution in [0.1, 0.15) is 34.3 Å². The van der Waals surface area contributed by atoms with E-state index in [0.717, 1.165) is 31.5 Å². The van der Waals surface area contributed by atoms with Gasteiger partial charge < -0.3 is 14.7 Å². The number of carbonyl (C=O) groups excluding carboxylic acids is 2. The number of hydrogen-bond donors (Lipinski definition) is 0. The van der Waals surface area contributed by atoms with Crippen LogP contribution in [0, 0.1) is 6.92 Å². The highest BCUT2D eigenvalue weighted by atomic mass is 16.2. The van der Waals surface area contributed by atoms with Crippen LogP contribution in [-0.4, -0.2) is 58.9 Å². The standard InChI is InChI=1S/C23H27N3O2/c1-18-6-5-7-19(16-18)17-25-14-15-26(23(25)28)21-10-12-24(13-11-21)22(27)20-8-3-2-4-9-20/h2-9,16,21H,10-15,17H2,1H3. The van der Waals surface area contributed by atoms with E-state index in [9.17, 15) is 9.59 Å². The lowest BCUT2D eigenvalue weighted by Crippen LogP contribution is -2.48. The Balaban J connectivity index is 1.32. The lowest BCUT2D eigenvalue weighted by molar-refractivity contribution is 0.0663. The Morgan fingerprint density at radius 3 is 2.43 bits per heavy atom. The predicted molar refractivity (Wildman–Crippen MR) is 109 cm³/mol. The van der Waals surface area contributed by atoms with Gasteiger partial charge in [0.15, 0.2) is 0 Å².